The van der Waals surface area contributed by atoms with Gasteiger partial charge < -0.3 is 19.9 Å². The molecular formula is C19H19N5O. The third-order valence-electron chi connectivity index (χ3n) is 4.22. The number of aromatic nitrogens is 4. The quantitative estimate of drug-likeness (QED) is 0.525. The van der Waals surface area contributed by atoms with E-state index < -0.39 is 0 Å². The van der Waals surface area contributed by atoms with Gasteiger partial charge in [-0.05, 0) is 18.2 Å². The van der Waals surface area contributed by atoms with E-state index in [9.17, 15) is 4.79 Å². The number of nitrogens with zero attached hydrogens (tertiary/aromatic N) is 2. The lowest BCUT2D eigenvalue weighted by atomic mass is 10.1. The van der Waals surface area contributed by atoms with E-state index in [0.29, 0.717) is 12.1 Å². The summed E-state index contributed by atoms with van der Waals surface area (Å²) in [4.78, 5) is 22.8. The number of H-pyrrole nitrogens is 2. The first-order valence-corrected chi connectivity index (χ1v) is 8.21. The Kier molecular flexibility index (Phi) is 3.85. The van der Waals surface area contributed by atoms with Crippen LogP contribution in [0.4, 0.5) is 5.69 Å². The molecule has 0 unspecified atom stereocenters. The van der Waals surface area contributed by atoms with Crippen LogP contribution in [0.15, 0.2) is 59.9 Å². The molecule has 0 radical (unpaired) electrons. The van der Waals surface area contributed by atoms with Gasteiger partial charge in [0.2, 0.25) is 0 Å². The Hall–Kier alpha value is -3.28. The molecule has 0 aliphatic carbocycles. The number of anilines is 1. The second kappa shape index (κ2) is 6.32. The lowest BCUT2D eigenvalue weighted by Gasteiger charge is -2.09. The molecule has 0 saturated heterocycles. The number of para-hydroxylation sites is 1. The van der Waals surface area contributed by atoms with Gasteiger partial charge in [-0.3, -0.25) is 4.79 Å². The van der Waals surface area contributed by atoms with Crippen LogP contribution in [0.25, 0.3) is 22.2 Å². The molecule has 0 amide bonds. The van der Waals surface area contributed by atoms with E-state index >= 15 is 0 Å². The lowest BCUT2D eigenvalue weighted by Crippen LogP contribution is -2.14. The van der Waals surface area contributed by atoms with Crippen molar-refractivity contribution in [3.05, 3.63) is 71.2 Å². The summed E-state index contributed by atoms with van der Waals surface area (Å²) in [5, 5.41) is 4.45. The molecule has 0 fully saturated rings. The number of pyridine rings is 1. The van der Waals surface area contributed by atoms with Crippen LogP contribution < -0.4 is 10.9 Å². The first-order valence-electron chi connectivity index (χ1n) is 8.21. The molecule has 0 spiro atoms. The predicted octanol–water partition coefficient (Wildman–Crippen LogP) is 2.91. The van der Waals surface area contributed by atoms with E-state index in [1.54, 1.807) is 12.5 Å². The average Bonchev–Trinajstić information content (AvgIpc) is 3.20. The lowest BCUT2D eigenvalue weighted by molar-refractivity contribution is 0.910. The number of fused-ring (bicyclic) bond motifs is 1. The van der Waals surface area contributed by atoms with Crippen LogP contribution in [-0.2, 0) is 13.5 Å². The van der Waals surface area contributed by atoms with Gasteiger partial charge in [-0.15, -0.1) is 0 Å². The summed E-state index contributed by atoms with van der Waals surface area (Å²) >= 11 is 0. The number of hydrogen-bond donors (Lipinski definition) is 3. The summed E-state index contributed by atoms with van der Waals surface area (Å²) in [5.41, 5.74) is 4.16. The molecule has 0 aliphatic rings. The SMILES string of the molecule is Cn1cnc(CCNc2cc[nH]c(=O)c2-c2cc3ccccc3[nH]2)c1. The van der Waals surface area contributed by atoms with Gasteiger partial charge in [0.25, 0.3) is 5.56 Å². The molecule has 3 N–H and O–H groups in total. The molecule has 0 bridgehead atoms. The third-order valence-corrected chi connectivity index (χ3v) is 4.22. The normalized spacial score (nSPS) is 11.1. The van der Waals surface area contributed by atoms with Crippen molar-refractivity contribution >= 4 is 16.6 Å². The summed E-state index contributed by atoms with van der Waals surface area (Å²) < 4.78 is 1.93. The number of hydrogen-bond acceptors (Lipinski definition) is 3. The van der Waals surface area contributed by atoms with Gasteiger partial charge in [-0.25, -0.2) is 4.98 Å². The van der Waals surface area contributed by atoms with Gasteiger partial charge >= 0.3 is 0 Å². The number of rotatable bonds is 5. The molecule has 25 heavy (non-hydrogen) atoms. The Morgan fingerprint density at radius 3 is 2.92 bits per heavy atom. The number of aromatic amines is 2. The van der Waals surface area contributed by atoms with Crippen LogP contribution in [0.1, 0.15) is 5.69 Å². The Balaban J connectivity index is 1.62. The van der Waals surface area contributed by atoms with Crippen molar-refractivity contribution in [2.24, 2.45) is 7.05 Å². The van der Waals surface area contributed by atoms with Crippen LogP contribution in [0.3, 0.4) is 0 Å². The van der Waals surface area contributed by atoms with Crippen molar-refractivity contribution in [2.45, 2.75) is 6.42 Å². The highest BCUT2D eigenvalue weighted by Crippen LogP contribution is 2.26. The summed E-state index contributed by atoms with van der Waals surface area (Å²) in [6.45, 7) is 0.702. The second-order valence-electron chi connectivity index (χ2n) is 6.07. The minimum absolute atomic E-state index is 0.116. The fraction of sp³-hybridized carbons (Fsp3) is 0.158. The highest BCUT2D eigenvalue weighted by Gasteiger charge is 2.12. The zero-order chi connectivity index (χ0) is 17.2. The largest absolute Gasteiger partial charge is 0.384 e. The highest BCUT2D eigenvalue weighted by atomic mass is 16.1. The van der Waals surface area contributed by atoms with Crippen LogP contribution >= 0.6 is 0 Å². The number of aryl methyl sites for hydroxylation is 1. The molecule has 4 aromatic rings. The van der Waals surface area contributed by atoms with Gasteiger partial charge in [0.1, 0.15) is 0 Å². The van der Waals surface area contributed by atoms with E-state index in [-0.39, 0.29) is 5.56 Å². The van der Waals surface area contributed by atoms with Crippen molar-refractivity contribution in [1.82, 2.24) is 19.5 Å². The topological polar surface area (TPSA) is 78.5 Å². The molecular weight excluding hydrogens is 314 g/mol. The molecule has 126 valence electrons. The molecule has 6 nitrogen and oxygen atoms in total. The van der Waals surface area contributed by atoms with Gasteiger partial charge in [-0.1, -0.05) is 18.2 Å². The number of benzene rings is 1. The Morgan fingerprint density at radius 1 is 1.24 bits per heavy atom. The predicted molar refractivity (Wildman–Crippen MR) is 99.8 cm³/mol. The summed E-state index contributed by atoms with van der Waals surface area (Å²) in [6, 6.07) is 11.9. The summed E-state index contributed by atoms with van der Waals surface area (Å²) in [7, 11) is 1.95. The van der Waals surface area contributed by atoms with E-state index in [2.05, 4.69) is 20.3 Å². The molecule has 3 aromatic heterocycles. The Bertz CT molecular complexity index is 1040. The van der Waals surface area contributed by atoms with E-state index in [4.69, 9.17) is 0 Å². The molecule has 1 aromatic carbocycles. The zero-order valence-corrected chi connectivity index (χ0v) is 13.9. The van der Waals surface area contributed by atoms with E-state index in [1.165, 1.54) is 0 Å². The minimum atomic E-state index is -0.116. The maximum Gasteiger partial charge on any atom is 0.259 e. The van der Waals surface area contributed by atoms with Crippen LogP contribution in [0.2, 0.25) is 0 Å². The van der Waals surface area contributed by atoms with Crippen molar-refractivity contribution in [3.8, 4) is 11.3 Å². The van der Waals surface area contributed by atoms with Crippen LogP contribution in [0, 0.1) is 0 Å². The highest BCUT2D eigenvalue weighted by molar-refractivity contribution is 5.88. The second-order valence-corrected chi connectivity index (χ2v) is 6.07. The third kappa shape index (κ3) is 3.06. The van der Waals surface area contributed by atoms with E-state index in [1.807, 2.05) is 54.2 Å². The molecule has 3 heterocycles. The van der Waals surface area contributed by atoms with E-state index in [0.717, 1.165) is 34.4 Å². The Labute approximate surface area is 144 Å². The van der Waals surface area contributed by atoms with Crippen molar-refractivity contribution in [2.75, 3.05) is 11.9 Å². The average molecular weight is 333 g/mol. The van der Waals surface area contributed by atoms with Crippen LogP contribution in [0.5, 0.6) is 0 Å². The standard InChI is InChI=1S/C19H19N5O/c1-24-11-14(22-12-24)6-8-20-16-7-9-21-19(25)18(16)17-10-13-4-2-3-5-15(13)23-17/h2-5,7,9-12,23H,6,8H2,1H3,(H2,20,21,25). The Morgan fingerprint density at radius 2 is 2.12 bits per heavy atom. The van der Waals surface area contributed by atoms with Crippen molar-refractivity contribution in [1.29, 1.82) is 0 Å². The molecule has 4 rings (SSSR count). The van der Waals surface area contributed by atoms with Crippen molar-refractivity contribution < 1.29 is 0 Å². The molecule has 0 atom stereocenters. The van der Waals surface area contributed by atoms with Gasteiger partial charge in [0.15, 0.2) is 0 Å². The fourth-order valence-corrected chi connectivity index (χ4v) is 3.02. The molecule has 6 heteroatoms. The fourth-order valence-electron chi connectivity index (χ4n) is 3.02. The number of imidazole rings is 1. The van der Waals surface area contributed by atoms with Crippen LogP contribution in [-0.4, -0.2) is 26.1 Å². The monoisotopic (exact) mass is 333 g/mol. The van der Waals surface area contributed by atoms with Gasteiger partial charge in [0.05, 0.1) is 29.0 Å². The van der Waals surface area contributed by atoms with Gasteiger partial charge in [-0.2, -0.15) is 0 Å². The maximum absolute atomic E-state index is 12.4. The zero-order valence-electron chi connectivity index (χ0n) is 13.9. The maximum atomic E-state index is 12.4. The molecule has 0 saturated carbocycles. The summed E-state index contributed by atoms with van der Waals surface area (Å²) in [6.07, 6.45) is 6.24. The first kappa shape index (κ1) is 15.3. The first-order chi connectivity index (χ1) is 12.2. The summed E-state index contributed by atoms with van der Waals surface area (Å²) in [5.74, 6) is 0. The molecule has 0 aliphatic heterocycles. The smallest absolute Gasteiger partial charge is 0.259 e. The minimum Gasteiger partial charge on any atom is -0.384 e. The number of nitrogens with one attached hydrogen (secondary N) is 3. The van der Waals surface area contributed by atoms with Crippen molar-refractivity contribution in [3.63, 3.8) is 0 Å². The van der Waals surface area contributed by atoms with Gasteiger partial charge in [0, 0.05) is 43.3 Å².